The molecule has 1 atom stereocenters. The molecule has 1 rings (SSSR count). The van der Waals surface area contributed by atoms with Crippen LogP contribution in [0.1, 0.15) is 33.1 Å². The highest BCUT2D eigenvalue weighted by Crippen LogP contribution is 2.14. The van der Waals surface area contributed by atoms with Crippen LogP contribution in [0.2, 0.25) is 0 Å². The van der Waals surface area contributed by atoms with Crippen molar-refractivity contribution in [2.24, 2.45) is 0 Å². The molecule has 0 saturated carbocycles. The van der Waals surface area contributed by atoms with Crippen molar-refractivity contribution in [1.29, 1.82) is 0 Å². The minimum atomic E-state index is -0.174. The second-order valence-electron chi connectivity index (χ2n) is 4.85. The van der Waals surface area contributed by atoms with Gasteiger partial charge in [-0.25, -0.2) is 4.39 Å². The van der Waals surface area contributed by atoms with E-state index >= 15 is 0 Å². The Labute approximate surface area is 110 Å². The maximum absolute atomic E-state index is 12.8. The van der Waals surface area contributed by atoms with Gasteiger partial charge in [-0.3, -0.25) is 0 Å². The summed E-state index contributed by atoms with van der Waals surface area (Å²) in [5.74, 6) is -0.174. The lowest BCUT2D eigenvalue weighted by Crippen LogP contribution is -2.25. The predicted octanol–water partition coefficient (Wildman–Crippen LogP) is 3.43. The van der Waals surface area contributed by atoms with Gasteiger partial charge < -0.3 is 10.2 Å². The molecule has 1 N–H and O–H groups in total. The lowest BCUT2D eigenvalue weighted by Gasteiger charge is -2.19. The fourth-order valence-electron chi connectivity index (χ4n) is 2.07. The van der Waals surface area contributed by atoms with Gasteiger partial charge in [-0.1, -0.05) is 13.3 Å². The van der Waals surface area contributed by atoms with Crippen molar-refractivity contribution >= 4 is 5.69 Å². The molecule has 3 heteroatoms. The first-order valence-corrected chi connectivity index (χ1v) is 6.83. The summed E-state index contributed by atoms with van der Waals surface area (Å²) in [7, 11) is 2.06. The van der Waals surface area contributed by atoms with Crippen molar-refractivity contribution in [2.75, 3.05) is 25.0 Å². The molecule has 0 aliphatic rings. The Bertz CT molecular complexity index is 324. The molecule has 0 spiro atoms. The SMILES string of the molecule is CCNC(C)CCCCN(C)c1ccc(F)cc1. The van der Waals surface area contributed by atoms with Gasteiger partial charge in [0.05, 0.1) is 0 Å². The minimum absolute atomic E-state index is 0.174. The van der Waals surface area contributed by atoms with Crippen LogP contribution in [0.4, 0.5) is 10.1 Å². The van der Waals surface area contributed by atoms with Crippen molar-refractivity contribution < 1.29 is 4.39 Å². The number of hydrogen-bond donors (Lipinski definition) is 1. The highest BCUT2D eigenvalue weighted by molar-refractivity contribution is 5.45. The third-order valence-corrected chi connectivity index (χ3v) is 3.20. The van der Waals surface area contributed by atoms with Gasteiger partial charge in [-0.2, -0.15) is 0 Å². The van der Waals surface area contributed by atoms with Crippen molar-refractivity contribution in [3.05, 3.63) is 30.1 Å². The number of anilines is 1. The molecular weight excluding hydrogens is 227 g/mol. The maximum atomic E-state index is 12.8. The molecule has 0 heterocycles. The second-order valence-corrected chi connectivity index (χ2v) is 4.85. The highest BCUT2D eigenvalue weighted by atomic mass is 19.1. The summed E-state index contributed by atoms with van der Waals surface area (Å²) in [5.41, 5.74) is 1.08. The van der Waals surface area contributed by atoms with E-state index in [1.807, 2.05) is 12.1 Å². The van der Waals surface area contributed by atoms with Gasteiger partial charge in [0.15, 0.2) is 0 Å². The highest BCUT2D eigenvalue weighted by Gasteiger charge is 2.02. The molecule has 0 aromatic heterocycles. The van der Waals surface area contributed by atoms with Crippen LogP contribution in [0.25, 0.3) is 0 Å². The second kappa shape index (κ2) is 8.09. The van der Waals surface area contributed by atoms with Crippen LogP contribution < -0.4 is 10.2 Å². The molecule has 0 amide bonds. The minimum Gasteiger partial charge on any atom is -0.375 e. The summed E-state index contributed by atoms with van der Waals surface area (Å²) in [4.78, 5) is 2.18. The Morgan fingerprint density at radius 2 is 1.89 bits per heavy atom. The molecule has 0 fully saturated rings. The molecule has 1 unspecified atom stereocenters. The Morgan fingerprint density at radius 3 is 2.50 bits per heavy atom. The first kappa shape index (κ1) is 15.0. The Kier molecular flexibility index (Phi) is 6.73. The molecular formula is C15H25FN2. The number of halogens is 1. The molecule has 1 aromatic carbocycles. The molecule has 102 valence electrons. The van der Waals surface area contributed by atoms with Gasteiger partial charge in [0.25, 0.3) is 0 Å². The third kappa shape index (κ3) is 5.50. The number of nitrogens with zero attached hydrogens (tertiary/aromatic N) is 1. The predicted molar refractivity (Wildman–Crippen MR) is 76.7 cm³/mol. The van der Waals surface area contributed by atoms with Gasteiger partial charge in [0.2, 0.25) is 0 Å². The zero-order valence-electron chi connectivity index (χ0n) is 11.7. The largest absolute Gasteiger partial charge is 0.375 e. The van der Waals surface area contributed by atoms with E-state index < -0.39 is 0 Å². The number of hydrogen-bond acceptors (Lipinski definition) is 2. The average molecular weight is 252 g/mol. The zero-order valence-corrected chi connectivity index (χ0v) is 11.7. The average Bonchev–Trinajstić information content (AvgIpc) is 2.35. The number of unbranched alkanes of at least 4 members (excludes halogenated alkanes) is 1. The van der Waals surface area contributed by atoms with Gasteiger partial charge in [-0.15, -0.1) is 0 Å². The Balaban J connectivity index is 2.21. The monoisotopic (exact) mass is 252 g/mol. The third-order valence-electron chi connectivity index (χ3n) is 3.20. The first-order valence-electron chi connectivity index (χ1n) is 6.83. The normalized spacial score (nSPS) is 12.4. The zero-order chi connectivity index (χ0) is 13.4. The van der Waals surface area contributed by atoms with E-state index in [9.17, 15) is 4.39 Å². The van der Waals surface area contributed by atoms with Crippen LogP contribution in [0.3, 0.4) is 0 Å². The van der Waals surface area contributed by atoms with Crippen molar-refractivity contribution in [3.63, 3.8) is 0 Å². The van der Waals surface area contributed by atoms with Crippen LogP contribution in [0.15, 0.2) is 24.3 Å². The van der Waals surface area contributed by atoms with Gasteiger partial charge in [-0.05, 0) is 50.6 Å². The molecule has 0 aliphatic heterocycles. The van der Waals surface area contributed by atoms with E-state index in [4.69, 9.17) is 0 Å². The van der Waals surface area contributed by atoms with Crippen LogP contribution in [-0.2, 0) is 0 Å². The summed E-state index contributed by atoms with van der Waals surface area (Å²) in [5, 5.41) is 3.42. The van der Waals surface area contributed by atoms with Crippen LogP contribution in [0, 0.1) is 5.82 Å². The topological polar surface area (TPSA) is 15.3 Å². The van der Waals surface area contributed by atoms with Gasteiger partial charge in [0.1, 0.15) is 5.82 Å². The molecule has 0 radical (unpaired) electrons. The smallest absolute Gasteiger partial charge is 0.123 e. The van der Waals surface area contributed by atoms with E-state index in [0.29, 0.717) is 6.04 Å². The molecule has 2 nitrogen and oxygen atoms in total. The van der Waals surface area contributed by atoms with Crippen molar-refractivity contribution in [3.8, 4) is 0 Å². The molecule has 0 saturated heterocycles. The van der Waals surface area contributed by atoms with Crippen LogP contribution >= 0.6 is 0 Å². The summed E-state index contributed by atoms with van der Waals surface area (Å²) in [6.45, 7) is 6.42. The summed E-state index contributed by atoms with van der Waals surface area (Å²) >= 11 is 0. The fourth-order valence-corrected chi connectivity index (χ4v) is 2.07. The number of benzene rings is 1. The van der Waals surface area contributed by atoms with Gasteiger partial charge in [0, 0.05) is 25.3 Å². The van der Waals surface area contributed by atoms with Crippen LogP contribution in [-0.4, -0.2) is 26.2 Å². The summed E-state index contributed by atoms with van der Waals surface area (Å²) in [6.07, 6.45) is 3.61. The standard InChI is InChI=1S/C15H25FN2/c1-4-17-13(2)7-5-6-12-18(3)15-10-8-14(16)9-11-15/h8-11,13,17H,4-7,12H2,1-3H3. The number of rotatable bonds is 8. The number of nitrogens with one attached hydrogen (secondary N) is 1. The van der Waals surface area contributed by atoms with E-state index in [2.05, 4.69) is 31.1 Å². The Hall–Kier alpha value is -1.09. The summed E-state index contributed by atoms with van der Waals surface area (Å²) < 4.78 is 12.8. The molecule has 18 heavy (non-hydrogen) atoms. The van der Waals surface area contributed by atoms with E-state index in [-0.39, 0.29) is 5.82 Å². The van der Waals surface area contributed by atoms with E-state index in [1.165, 1.54) is 31.4 Å². The van der Waals surface area contributed by atoms with E-state index in [0.717, 1.165) is 18.8 Å². The Morgan fingerprint density at radius 1 is 1.22 bits per heavy atom. The van der Waals surface area contributed by atoms with E-state index in [1.54, 1.807) is 0 Å². The molecule has 0 aliphatic carbocycles. The quantitative estimate of drug-likeness (QED) is 0.713. The maximum Gasteiger partial charge on any atom is 0.123 e. The van der Waals surface area contributed by atoms with Crippen LogP contribution in [0.5, 0.6) is 0 Å². The fraction of sp³-hybridized carbons (Fsp3) is 0.600. The van der Waals surface area contributed by atoms with Crippen molar-refractivity contribution in [1.82, 2.24) is 5.32 Å². The lowest BCUT2D eigenvalue weighted by molar-refractivity contribution is 0.503. The molecule has 0 bridgehead atoms. The molecule has 1 aromatic rings. The van der Waals surface area contributed by atoms with Gasteiger partial charge >= 0.3 is 0 Å². The summed E-state index contributed by atoms with van der Waals surface area (Å²) in [6, 6.07) is 7.29. The lowest BCUT2D eigenvalue weighted by atomic mass is 10.1. The first-order chi connectivity index (χ1) is 8.63. The van der Waals surface area contributed by atoms with Crippen molar-refractivity contribution in [2.45, 2.75) is 39.2 Å².